The van der Waals surface area contributed by atoms with Crippen LogP contribution in [0.1, 0.15) is 37.2 Å². The number of nitrogens with zero attached hydrogens (tertiary/aromatic N) is 1. The SMILES string of the molecule is CCCC(CN)c1nc(-c2ccc(OC)cc2)c(C)[nH]1. The van der Waals surface area contributed by atoms with Crippen LogP contribution in [0.15, 0.2) is 24.3 Å². The number of aromatic nitrogens is 2. The fourth-order valence-electron chi connectivity index (χ4n) is 2.42. The molecule has 0 fully saturated rings. The Morgan fingerprint density at radius 1 is 1.30 bits per heavy atom. The molecule has 1 aromatic heterocycles. The van der Waals surface area contributed by atoms with Crippen LogP contribution < -0.4 is 10.5 Å². The second-order valence-electron chi connectivity index (χ2n) is 5.05. The van der Waals surface area contributed by atoms with E-state index in [4.69, 9.17) is 15.5 Å². The van der Waals surface area contributed by atoms with Crippen molar-refractivity contribution in [3.8, 4) is 17.0 Å². The summed E-state index contributed by atoms with van der Waals surface area (Å²) in [5.41, 5.74) is 9.03. The van der Waals surface area contributed by atoms with Crippen LogP contribution in [0.4, 0.5) is 0 Å². The zero-order valence-electron chi connectivity index (χ0n) is 12.4. The molecule has 1 atom stereocenters. The van der Waals surface area contributed by atoms with Crippen molar-refractivity contribution in [3.05, 3.63) is 35.8 Å². The summed E-state index contributed by atoms with van der Waals surface area (Å²) in [5.74, 6) is 2.16. The van der Waals surface area contributed by atoms with Gasteiger partial charge in [-0.15, -0.1) is 0 Å². The van der Waals surface area contributed by atoms with Crippen molar-refractivity contribution < 1.29 is 4.74 Å². The molecule has 1 aromatic carbocycles. The Kier molecular flexibility index (Phi) is 4.79. The molecule has 0 amide bonds. The Balaban J connectivity index is 2.30. The average Bonchev–Trinajstić information content (AvgIpc) is 2.86. The van der Waals surface area contributed by atoms with E-state index in [0.29, 0.717) is 12.5 Å². The van der Waals surface area contributed by atoms with Crippen LogP contribution in [0.5, 0.6) is 5.75 Å². The molecular formula is C16H23N3O. The van der Waals surface area contributed by atoms with Crippen molar-refractivity contribution in [2.24, 2.45) is 5.73 Å². The normalized spacial score (nSPS) is 12.4. The second-order valence-corrected chi connectivity index (χ2v) is 5.05. The molecule has 1 unspecified atom stereocenters. The molecule has 0 bridgehead atoms. The number of nitrogens with two attached hydrogens (primary N) is 1. The van der Waals surface area contributed by atoms with E-state index in [1.54, 1.807) is 7.11 Å². The first-order chi connectivity index (χ1) is 9.69. The van der Waals surface area contributed by atoms with E-state index in [0.717, 1.165) is 41.4 Å². The van der Waals surface area contributed by atoms with E-state index in [1.165, 1.54) is 0 Å². The molecule has 1 heterocycles. The Bertz CT molecular complexity index is 545. The van der Waals surface area contributed by atoms with Crippen LogP contribution in [-0.2, 0) is 0 Å². The van der Waals surface area contributed by atoms with Gasteiger partial charge in [-0.1, -0.05) is 13.3 Å². The molecule has 0 saturated heterocycles. The number of hydrogen-bond acceptors (Lipinski definition) is 3. The highest BCUT2D eigenvalue weighted by atomic mass is 16.5. The highest BCUT2D eigenvalue weighted by Gasteiger charge is 2.16. The largest absolute Gasteiger partial charge is 0.497 e. The number of rotatable bonds is 6. The van der Waals surface area contributed by atoms with Gasteiger partial charge in [-0.2, -0.15) is 0 Å². The molecule has 108 valence electrons. The van der Waals surface area contributed by atoms with Gasteiger partial charge in [0.2, 0.25) is 0 Å². The van der Waals surface area contributed by atoms with Crippen molar-refractivity contribution in [3.63, 3.8) is 0 Å². The number of methoxy groups -OCH3 is 1. The van der Waals surface area contributed by atoms with Gasteiger partial charge in [0.05, 0.1) is 12.8 Å². The lowest BCUT2D eigenvalue weighted by Crippen LogP contribution is -2.13. The highest BCUT2D eigenvalue weighted by molar-refractivity contribution is 5.62. The summed E-state index contributed by atoms with van der Waals surface area (Å²) >= 11 is 0. The summed E-state index contributed by atoms with van der Waals surface area (Å²) in [6.07, 6.45) is 2.17. The quantitative estimate of drug-likeness (QED) is 0.849. The molecule has 0 saturated carbocycles. The zero-order chi connectivity index (χ0) is 14.5. The summed E-state index contributed by atoms with van der Waals surface area (Å²) in [7, 11) is 1.67. The van der Waals surface area contributed by atoms with E-state index in [2.05, 4.69) is 18.8 Å². The lowest BCUT2D eigenvalue weighted by molar-refractivity contribution is 0.415. The lowest BCUT2D eigenvalue weighted by atomic mass is 10.0. The summed E-state index contributed by atoms with van der Waals surface area (Å²) < 4.78 is 5.18. The number of imidazole rings is 1. The van der Waals surface area contributed by atoms with Gasteiger partial charge in [0.1, 0.15) is 11.6 Å². The van der Waals surface area contributed by atoms with E-state index in [-0.39, 0.29) is 0 Å². The van der Waals surface area contributed by atoms with Crippen LogP contribution in [-0.4, -0.2) is 23.6 Å². The van der Waals surface area contributed by atoms with Crippen molar-refractivity contribution in [2.45, 2.75) is 32.6 Å². The number of ether oxygens (including phenoxy) is 1. The van der Waals surface area contributed by atoms with Crippen molar-refractivity contribution in [1.29, 1.82) is 0 Å². The van der Waals surface area contributed by atoms with E-state index >= 15 is 0 Å². The zero-order valence-corrected chi connectivity index (χ0v) is 12.4. The Labute approximate surface area is 120 Å². The second kappa shape index (κ2) is 6.57. The molecule has 0 radical (unpaired) electrons. The fourth-order valence-corrected chi connectivity index (χ4v) is 2.42. The number of aryl methyl sites for hydroxylation is 1. The Morgan fingerprint density at radius 3 is 2.55 bits per heavy atom. The highest BCUT2D eigenvalue weighted by Crippen LogP contribution is 2.26. The molecule has 4 heteroatoms. The fraction of sp³-hybridized carbons (Fsp3) is 0.438. The smallest absolute Gasteiger partial charge is 0.118 e. The predicted octanol–water partition coefficient (Wildman–Crippen LogP) is 3.24. The Morgan fingerprint density at radius 2 is 2.00 bits per heavy atom. The van der Waals surface area contributed by atoms with Gasteiger partial charge in [0.15, 0.2) is 0 Å². The first-order valence-corrected chi connectivity index (χ1v) is 7.10. The maximum Gasteiger partial charge on any atom is 0.118 e. The van der Waals surface area contributed by atoms with Crippen molar-refractivity contribution in [2.75, 3.05) is 13.7 Å². The van der Waals surface area contributed by atoms with Crippen LogP contribution >= 0.6 is 0 Å². The minimum Gasteiger partial charge on any atom is -0.497 e. The molecule has 20 heavy (non-hydrogen) atoms. The lowest BCUT2D eigenvalue weighted by Gasteiger charge is -2.09. The van der Waals surface area contributed by atoms with Gasteiger partial charge >= 0.3 is 0 Å². The van der Waals surface area contributed by atoms with Gasteiger partial charge in [0.25, 0.3) is 0 Å². The van der Waals surface area contributed by atoms with E-state index in [9.17, 15) is 0 Å². The first kappa shape index (κ1) is 14.6. The van der Waals surface area contributed by atoms with Gasteiger partial charge in [-0.3, -0.25) is 0 Å². The maximum absolute atomic E-state index is 5.85. The van der Waals surface area contributed by atoms with Gasteiger partial charge in [-0.25, -0.2) is 4.98 Å². The Hall–Kier alpha value is -1.81. The van der Waals surface area contributed by atoms with Gasteiger partial charge < -0.3 is 15.5 Å². The van der Waals surface area contributed by atoms with Gasteiger partial charge in [0, 0.05) is 23.7 Å². The molecule has 0 aliphatic carbocycles. The molecule has 4 nitrogen and oxygen atoms in total. The molecule has 2 aromatic rings. The standard InChI is InChI=1S/C16H23N3O/c1-4-5-13(10-17)16-18-11(2)15(19-16)12-6-8-14(20-3)9-7-12/h6-9,13H,4-5,10,17H2,1-3H3,(H,18,19). The molecule has 0 spiro atoms. The monoisotopic (exact) mass is 273 g/mol. The number of aromatic amines is 1. The summed E-state index contributed by atoms with van der Waals surface area (Å²) in [5, 5.41) is 0. The van der Waals surface area contributed by atoms with Crippen LogP contribution in [0, 0.1) is 6.92 Å². The van der Waals surface area contributed by atoms with Crippen molar-refractivity contribution >= 4 is 0 Å². The minimum atomic E-state index is 0.311. The average molecular weight is 273 g/mol. The van der Waals surface area contributed by atoms with Crippen LogP contribution in [0.25, 0.3) is 11.3 Å². The predicted molar refractivity (Wildman–Crippen MR) is 82.0 cm³/mol. The number of benzene rings is 1. The van der Waals surface area contributed by atoms with Crippen LogP contribution in [0.3, 0.4) is 0 Å². The molecule has 0 aliphatic heterocycles. The first-order valence-electron chi connectivity index (χ1n) is 7.10. The number of hydrogen-bond donors (Lipinski definition) is 2. The van der Waals surface area contributed by atoms with E-state index < -0.39 is 0 Å². The molecule has 0 aliphatic rings. The third-order valence-corrected chi connectivity index (χ3v) is 3.57. The molecule has 2 rings (SSSR count). The number of H-pyrrole nitrogens is 1. The summed E-state index contributed by atoms with van der Waals surface area (Å²) in [6.45, 7) is 4.85. The molecular weight excluding hydrogens is 250 g/mol. The maximum atomic E-state index is 5.85. The third kappa shape index (κ3) is 3.02. The third-order valence-electron chi connectivity index (χ3n) is 3.57. The minimum absolute atomic E-state index is 0.311. The summed E-state index contributed by atoms with van der Waals surface area (Å²) in [6, 6.07) is 7.97. The topological polar surface area (TPSA) is 63.9 Å². The molecule has 3 N–H and O–H groups in total. The van der Waals surface area contributed by atoms with E-state index in [1.807, 2.05) is 24.3 Å². The summed E-state index contributed by atoms with van der Waals surface area (Å²) in [4.78, 5) is 8.13. The van der Waals surface area contributed by atoms with Crippen LogP contribution in [0.2, 0.25) is 0 Å². The number of nitrogens with one attached hydrogen (secondary N) is 1. The van der Waals surface area contributed by atoms with Crippen molar-refractivity contribution in [1.82, 2.24) is 9.97 Å². The van der Waals surface area contributed by atoms with Gasteiger partial charge in [-0.05, 0) is 37.6 Å².